The van der Waals surface area contributed by atoms with Crippen molar-refractivity contribution in [3.05, 3.63) is 51.9 Å². The topological polar surface area (TPSA) is 47.9 Å². The third kappa shape index (κ3) is 4.13. The highest BCUT2D eigenvalue weighted by molar-refractivity contribution is 6.41. The van der Waals surface area contributed by atoms with Gasteiger partial charge in [-0.3, -0.25) is 15.2 Å². The highest BCUT2D eigenvalue weighted by Gasteiger charge is 2.44. The Kier molecular flexibility index (Phi) is 6.12. The molecule has 5 nitrogen and oxygen atoms in total. The molecule has 5 atom stereocenters. The number of amides is 1. The van der Waals surface area contributed by atoms with Crippen LogP contribution in [0.2, 0.25) is 10.0 Å². The Balaban J connectivity index is 1.40. The van der Waals surface area contributed by atoms with Gasteiger partial charge in [0.25, 0.3) is 5.91 Å². The number of fused-ring (bicyclic) bond motifs is 1. The summed E-state index contributed by atoms with van der Waals surface area (Å²) in [5, 5.41) is 9.89. The Labute approximate surface area is 200 Å². The van der Waals surface area contributed by atoms with Crippen molar-refractivity contribution in [1.29, 1.82) is 0 Å². The number of hydrazine groups is 1. The Morgan fingerprint density at radius 1 is 1.22 bits per heavy atom. The molecule has 2 aliphatic heterocycles. The van der Waals surface area contributed by atoms with Gasteiger partial charge in [0.05, 0.1) is 16.8 Å². The maximum atomic E-state index is 13.3. The number of carbonyl (C=O) groups is 1. The van der Waals surface area contributed by atoms with Crippen molar-refractivity contribution in [2.24, 2.45) is 28.8 Å². The van der Waals surface area contributed by atoms with E-state index in [0.717, 1.165) is 30.7 Å². The summed E-state index contributed by atoms with van der Waals surface area (Å²) < 4.78 is 0. The smallest absolute Gasteiger partial charge is 0.282 e. The number of hydrogen-bond acceptors (Lipinski definition) is 4. The van der Waals surface area contributed by atoms with Gasteiger partial charge in [-0.1, -0.05) is 54.8 Å². The van der Waals surface area contributed by atoms with E-state index in [4.69, 9.17) is 36.1 Å². The Hall–Kier alpha value is -1.76. The van der Waals surface area contributed by atoms with Gasteiger partial charge in [0.2, 0.25) is 0 Å². The molecule has 1 aromatic rings. The van der Waals surface area contributed by atoms with Crippen LogP contribution < -0.4 is 10.4 Å². The van der Waals surface area contributed by atoms with Crippen LogP contribution in [0, 0.1) is 23.7 Å². The van der Waals surface area contributed by atoms with Crippen LogP contribution in [0.3, 0.4) is 0 Å². The van der Waals surface area contributed by atoms with Gasteiger partial charge in [0.1, 0.15) is 13.6 Å². The average Bonchev–Trinajstić information content (AvgIpc) is 3.42. The van der Waals surface area contributed by atoms with Crippen molar-refractivity contribution in [1.82, 2.24) is 10.4 Å². The summed E-state index contributed by atoms with van der Waals surface area (Å²) in [5.74, 6) is 1.38. The largest absolute Gasteiger partial charge is 0.284 e. The normalized spacial score (nSPS) is 32.1. The van der Waals surface area contributed by atoms with Gasteiger partial charge in [0, 0.05) is 29.9 Å². The lowest BCUT2D eigenvalue weighted by molar-refractivity contribution is -0.119. The zero-order valence-corrected chi connectivity index (χ0v) is 19.7. The molecule has 0 bridgehead atoms. The highest BCUT2D eigenvalue weighted by Crippen LogP contribution is 2.40. The third-order valence-corrected chi connectivity index (χ3v) is 7.95. The molecule has 1 N–H and O–H groups in total. The predicted molar refractivity (Wildman–Crippen MR) is 131 cm³/mol. The van der Waals surface area contributed by atoms with E-state index in [-0.39, 0.29) is 23.8 Å². The summed E-state index contributed by atoms with van der Waals surface area (Å²) in [6.07, 6.45) is 10.7. The lowest BCUT2D eigenvalue weighted by atomic mass is 9.79. The third-order valence-electron chi connectivity index (χ3n) is 7.42. The van der Waals surface area contributed by atoms with E-state index in [1.54, 1.807) is 12.1 Å². The molecule has 8 heteroatoms. The number of carbonyl (C=O) groups excluding carboxylic acids is 1. The minimum atomic E-state index is -0.120. The van der Waals surface area contributed by atoms with Gasteiger partial charge in [0.15, 0.2) is 0 Å². The number of nitrogens with zero attached hydrogens (tertiary/aromatic N) is 3. The lowest BCUT2D eigenvalue weighted by Crippen LogP contribution is -2.47. The molecule has 0 aromatic heterocycles. The predicted octanol–water partition coefficient (Wildman–Crippen LogP) is 4.57. The second kappa shape index (κ2) is 8.88. The van der Waals surface area contributed by atoms with Crippen molar-refractivity contribution in [3.63, 3.8) is 0 Å². The average molecular weight is 469 g/mol. The van der Waals surface area contributed by atoms with Crippen molar-refractivity contribution in [2.75, 3.05) is 18.1 Å². The standard InChI is InChI=1S/C24H27BCl2N4O/c1-14-22(24(32)29-30-12-16-3-2-4-17(16)13-30)28-31(21-10-9-19(26)11-20(21)27)23(14)15-5-7-18(25)8-6-15/h5,7-11,14-17,23H,2-4,6,12-13H2,1H3,(H,29,32)/t14-,15?,16?,17?,23+/m0/s1. The molecule has 0 spiro atoms. The van der Waals surface area contributed by atoms with Crippen molar-refractivity contribution >= 4 is 48.4 Å². The molecule has 5 rings (SSSR count). The summed E-state index contributed by atoms with van der Waals surface area (Å²) in [5.41, 5.74) is 5.19. The molecule has 2 aliphatic carbocycles. The molecule has 32 heavy (non-hydrogen) atoms. The Morgan fingerprint density at radius 3 is 2.62 bits per heavy atom. The van der Waals surface area contributed by atoms with Crippen LogP contribution in [0.25, 0.3) is 0 Å². The molecule has 2 radical (unpaired) electrons. The van der Waals surface area contributed by atoms with Crippen LogP contribution in [-0.4, -0.2) is 43.6 Å². The molecule has 1 amide bonds. The summed E-state index contributed by atoms with van der Waals surface area (Å²) >= 11 is 12.7. The first-order valence-electron chi connectivity index (χ1n) is 11.4. The van der Waals surface area contributed by atoms with Gasteiger partial charge in [-0.15, -0.1) is 5.47 Å². The lowest BCUT2D eigenvalue weighted by Gasteiger charge is -2.33. The second-order valence-electron chi connectivity index (χ2n) is 9.46. The van der Waals surface area contributed by atoms with Crippen molar-refractivity contribution in [3.8, 4) is 0 Å². The van der Waals surface area contributed by atoms with E-state index >= 15 is 0 Å². The zero-order chi connectivity index (χ0) is 22.4. The summed E-state index contributed by atoms with van der Waals surface area (Å²) in [7, 11) is 5.95. The monoisotopic (exact) mass is 468 g/mol. The van der Waals surface area contributed by atoms with Crippen LogP contribution in [-0.2, 0) is 4.79 Å². The first-order chi connectivity index (χ1) is 15.4. The van der Waals surface area contributed by atoms with E-state index in [2.05, 4.69) is 23.4 Å². The van der Waals surface area contributed by atoms with Gasteiger partial charge in [-0.25, -0.2) is 5.01 Å². The van der Waals surface area contributed by atoms with Crippen LogP contribution in [0.1, 0.15) is 32.6 Å². The summed E-state index contributed by atoms with van der Waals surface area (Å²) in [6.45, 7) is 3.94. The summed E-state index contributed by atoms with van der Waals surface area (Å²) in [4.78, 5) is 13.3. The fourth-order valence-electron chi connectivity index (χ4n) is 5.77. The number of allylic oxidation sites excluding steroid dienone is 3. The minimum absolute atomic E-state index is 0.0482. The van der Waals surface area contributed by atoms with Crippen LogP contribution in [0.5, 0.6) is 0 Å². The van der Waals surface area contributed by atoms with E-state index in [1.807, 2.05) is 23.2 Å². The molecule has 4 aliphatic rings. The number of halogens is 2. The van der Waals surface area contributed by atoms with Gasteiger partial charge in [-0.2, -0.15) is 5.10 Å². The molecule has 166 valence electrons. The quantitative estimate of drug-likeness (QED) is 0.658. The molecule has 3 unspecified atom stereocenters. The van der Waals surface area contributed by atoms with E-state index in [9.17, 15) is 4.79 Å². The molecule has 1 saturated carbocycles. The Bertz CT molecular complexity index is 998. The van der Waals surface area contributed by atoms with Gasteiger partial charge >= 0.3 is 0 Å². The number of nitrogens with one attached hydrogen (secondary N) is 1. The number of hydrazone groups is 1. The number of benzene rings is 1. The molecule has 1 aromatic carbocycles. The SMILES string of the molecule is [B]C1=CCC([C@H]2[C@@H](C)C(C(=O)NN3CC4CCCC4C3)=NN2c2ccc(Cl)cc2Cl)C=C1. The second-order valence-corrected chi connectivity index (χ2v) is 10.3. The Morgan fingerprint density at radius 2 is 1.97 bits per heavy atom. The molecule has 1 saturated heterocycles. The van der Waals surface area contributed by atoms with Crippen molar-refractivity contribution < 1.29 is 4.79 Å². The van der Waals surface area contributed by atoms with Crippen LogP contribution in [0.15, 0.2) is 47.0 Å². The number of hydrogen-bond donors (Lipinski definition) is 1. The zero-order valence-electron chi connectivity index (χ0n) is 18.2. The maximum absolute atomic E-state index is 13.3. The fraction of sp³-hybridized carbons (Fsp3) is 0.500. The van der Waals surface area contributed by atoms with Crippen LogP contribution >= 0.6 is 23.2 Å². The first-order valence-corrected chi connectivity index (χ1v) is 12.2. The van der Waals surface area contributed by atoms with Gasteiger partial charge in [-0.05, 0) is 49.3 Å². The van der Waals surface area contributed by atoms with E-state index in [1.165, 1.54) is 19.3 Å². The number of anilines is 1. The molecular weight excluding hydrogens is 442 g/mol. The summed E-state index contributed by atoms with van der Waals surface area (Å²) in [6, 6.07) is 5.33. The first kappa shape index (κ1) is 22.1. The molecular formula is C24H27BCl2N4O. The van der Waals surface area contributed by atoms with Crippen molar-refractivity contribution in [2.45, 2.75) is 38.6 Å². The van der Waals surface area contributed by atoms with Crippen LogP contribution in [0.4, 0.5) is 5.69 Å². The van der Waals surface area contributed by atoms with E-state index in [0.29, 0.717) is 27.6 Å². The van der Waals surface area contributed by atoms with E-state index < -0.39 is 0 Å². The highest BCUT2D eigenvalue weighted by atomic mass is 35.5. The van der Waals surface area contributed by atoms with Gasteiger partial charge < -0.3 is 0 Å². The number of rotatable bonds is 4. The maximum Gasteiger partial charge on any atom is 0.282 e. The fourth-order valence-corrected chi connectivity index (χ4v) is 6.26. The molecule has 2 heterocycles. The molecule has 2 fully saturated rings. The minimum Gasteiger partial charge on any atom is -0.284 e.